The molecule has 0 atom stereocenters. The Morgan fingerprint density at radius 3 is 2.28 bits per heavy atom. The molecule has 2 aromatic heterocycles. The minimum absolute atomic E-state index is 0.0313. The lowest BCUT2D eigenvalue weighted by Crippen LogP contribution is -2.34. The summed E-state index contributed by atoms with van der Waals surface area (Å²) < 4.78 is 4.86. The summed E-state index contributed by atoms with van der Waals surface area (Å²) in [6.45, 7) is 1.92. The molecule has 0 bridgehead atoms. The van der Waals surface area contributed by atoms with Crippen LogP contribution in [-0.2, 0) is 4.74 Å². The fraction of sp³-hybridized carbons (Fsp3) is 0.0952. The van der Waals surface area contributed by atoms with Crippen LogP contribution in [0, 0.1) is 0 Å². The Balaban J connectivity index is 1.86. The fourth-order valence-corrected chi connectivity index (χ4v) is 3.54. The van der Waals surface area contributed by atoms with Crippen LogP contribution in [0.2, 0.25) is 10.0 Å². The zero-order valence-electron chi connectivity index (χ0n) is 16.6. The normalized spacial score (nSPS) is 10.7. The van der Waals surface area contributed by atoms with Crippen molar-refractivity contribution in [2.45, 2.75) is 6.92 Å². The number of alkyl carbamates (subject to hydrolysis) is 1. The van der Waals surface area contributed by atoms with E-state index in [9.17, 15) is 4.79 Å². The number of carbonyl (C=O) groups is 1. The number of benzene rings is 2. The van der Waals surface area contributed by atoms with Crippen LogP contribution >= 0.6 is 35.4 Å². The number of thiocarbonyl (C=S) groups is 1. The number of carbonyl (C=O) groups excluding carboxylic acids is 1. The molecule has 1 amide bonds. The van der Waals surface area contributed by atoms with Crippen LogP contribution in [0.3, 0.4) is 0 Å². The van der Waals surface area contributed by atoms with Gasteiger partial charge in [-0.2, -0.15) is 5.10 Å². The number of nitrogens with zero attached hydrogens (tertiary/aromatic N) is 3. The Morgan fingerprint density at radius 2 is 1.66 bits per heavy atom. The number of anilines is 1. The lowest BCUT2D eigenvalue weighted by molar-refractivity contribution is 0.158. The van der Waals surface area contributed by atoms with Gasteiger partial charge in [0.1, 0.15) is 5.69 Å². The molecule has 11 heteroatoms. The number of aromatic amines is 1. The maximum Gasteiger partial charge on any atom is 0.413 e. The molecule has 0 radical (unpaired) electrons. The summed E-state index contributed by atoms with van der Waals surface area (Å²) in [6.07, 6.45) is -0.663. The van der Waals surface area contributed by atoms with Crippen LogP contribution in [0.25, 0.3) is 33.4 Å². The predicted octanol–water partition coefficient (Wildman–Crippen LogP) is 5.44. The molecular weight excluding hydrogens is 471 g/mol. The van der Waals surface area contributed by atoms with Gasteiger partial charge >= 0.3 is 6.09 Å². The number of nitrogens with one attached hydrogen (secondary N) is 3. The first-order valence-electron chi connectivity index (χ1n) is 9.47. The van der Waals surface area contributed by atoms with Gasteiger partial charge in [0.2, 0.25) is 0 Å². The number of fused-ring (bicyclic) bond motifs is 1. The summed E-state index contributed by atoms with van der Waals surface area (Å²) in [5, 5.41) is 23.1. The number of hydrogen-bond donors (Lipinski definition) is 3. The first-order chi connectivity index (χ1) is 15.5. The van der Waals surface area contributed by atoms with Gasteiger partial charge < -0.3 is 10.1 Å². The lowest BCUT2D eigenvalue weighted by Gasteiger charge is -2.12. The maximum absolute atomic E-state index is 11.7. The molecule has 32 heavy (non-hydrogen) atoms. The number of aromatic nitrogens is 4. The van der Waals surface area contributed by atoms with Gasteiger partial charge in [0.15, 0.2) is 16.6 Å². The highest BCUT2D eigenvalue weighted by Crippen LogP contribution is 2.38. The molecule has 0 aliphatic rings. The standard InChI is InChI=1S/C21H16Cl2N6O2S/c1-2-31-21(30)25-20(32)24-18-16-15(11-3-7-13(22)8-4-11)17(26-28-19(16)29-27-18)12-5-9-14(23)10-6-12/h3-10H,2H2,1H3,(H3,24,25,27,28,29,30,32). The van der Waals surface area contributed by atoms with Crippen molar-refractivity contribution in [2.24, 2.45) is 0 Å². The Hall–Kier alpha value is -3.27. The Morgan fingerprint density at radius 1 is 1.03 bits per heavy atom. The highest BCUT2D eigenvalue weighted by atomic mass is 35.5. The van der Waals surface area contributed by atoms with E-state index < -0.39 is 6.09 Å². The van der Waals surface area contributed by atoms with Crippen LogP contribution in [-0.4, -0.2) is 38.2 Å². The fourth-order valence-electron chi connectivity index (χ4n) is 3.11. The van der Waals surface area contributed by atoms with E-state index in [1.165, 1.54) is 0 Å². The summed E-state index contributed by atoms with van der Waals surface area (Å²) in [4.78, 5) is 11.7. The first-order valence-corrected chi connectivity index (χ1v) is 10.6. The van der Waals surface area contributed by atoms with E-state index in [1.54, 1.807) is 31.2 Å². The zero-order valence-corrected chi connectivity index (χ0v) is 19.0. The molecule has 0 unspecified atom stereocenters. The van der Waals surface area contributed by atoms with Gasteiger partial charge in [-0.1, -0.05) is 47.5 Å². The number of hydrogen-bond acceptors (Lipinski definition) is 6. The quantitative estimate of drug-likeness (QED) is 0.330. The third-order valence-corrected chi connectivity index (χ3v) is 5.17. The highest BCUT2D eigenvalue weighted by Gasteiger charge is 2.21. The minimum Gasteiger partial charge on any atom is -0.450 e. The van der Waals surface area contributed by atoms with Crippen molar-refractivity contribution in [1.29, 1.82) is 0 Å². The smallest absolute Gasteiger partial charge is 0.413 e. The van der Waals surface area contributed by atoms with Gasteiger partial charge in [-0.05, 0) is 49.0 Å². The molecule has 162 valence electrons. The van der Waals surface area contributed by atoms with E-state index in [-0.39, 0.29) is 11.7 Å². The minimum atomic E-state index is -0.663. The van der Waals surface area contributed by atoms with Gasteiger partial charge in [0.05, 0.1) is 12.0 Å². The molecule has 0 saturated carbocycles. The van der Waals surface area contributed by atoms with Crippen LogP contribution in [0.4, 0.5) is 10.6 Å². The van der Waals surface area contributed by atoms with Gasteiger partial charge in [-0.3, -0.25) is 10.4 Å². The molecule has 2 aromatic carbocycles. The summed E-state index contributed by atoms with van der Waals surface area (Å²) >= 11 is 17.4. The molecule has 0 aliphatic heterocycles. The number of amides is 1. The van der Waals surface area contributed by atoms with Crippen molar-refractivity contribution in [3.05, 3.63) is 58.6 Å². The van der Waals surface area contributed by atoms with Crippen molar-refractivity contribution < 1.29 is 9.53 Å². The molecule has 0 aliphatic carbocycles. The van der Waals surface area contributed by atoms with E-state index >= 15 is 0 Å². The molecular formula is C21H16Cl2N6O2S. The molecule has 8 nitrogen and oxygen atoms in total. The topological polar surface area (TPSA) is 105 Å². The summed E-state index contributed by atoms with van der Waals surface area (Å²) in [6, 6.07) is 14.6. The number of ether oxygens (including phenoxy) is 1. The molecule has 3 N–H and O–H groups in total. The zero-order chi connectivity index (χ0) is 22.7. The van der Waals surface area contributed by atoms with Crippen LogP contribution in [0.1, 0.15) is 6.92 Å². The maximum atomic E-state index is 11.7. The largest absolute Gasteiger partial charge is 0.450 e. The molecule has 0 saturated heterocycles. The third kappa shape index (κ3) is 4.64. The van der Waals surface area contributed by atoms with E-state index in [0.29, 0.717) is 32.6 Å². The van der Waals surface area contributed by atoms with E-state index in [1.807, 2.05) is 24.3 Å². The number of H-pyrrole nitrogens is 1. The highest BCUT2D eigenvalue weighted by molar-refractivity contribution is 7.80. The average Bonchev–Trinajstić information content (AvgIpc) is 3.17. The van der Waals surface area contributed by atoms with Crippen molar-refractivity contribution in [3.63, 3.8) is 0 Å². The monoisotopic (exact) mass is 486 g/mol. The third-order valence-electron chi connectivity index (χ3n) is 4.46. The second-order valence-corrected chi connectivity index (χ2v) is 7.81. The van der Waals surface area contributed by atoms with Gasteiger partial charge in [-0.15, -0.1) is 10.2 Å². The van der Waals surface area contributed by atoms with E-state index in [4.69, 9.17) is 40.2 Å². The Kier molecular flexibility index (Phi) is 6.50. The van der Waals surface area contributed by atoms with Crippen molar-refractivity contribution >= 4 is 63.5 Å². The number of rotatable bonds is 4. The van der Waals surface area contributed by atoms with Crippen LogP contribution < -0.4 is 10.6 Å². The van der Waals surface area contributed by atoms with Crippen molar-refractivity contribution in [2.75, 3.05) is 11.9 Å². The summed E-state index contributed by atoms with van der Waals surface area (Å²) in [7, 11) is 0. The van der Waals surface area contributed by atoms with E-state index in [0.717, 1.165) is 16.7 Å². The van der Waals surface area contributed by atoms with Gasteiger partial charge in [0.25, 0.3) is 0 Å². The summed E-state index contributed by atoms with van der Waals surface area (Å²) in [5.74, 6) is 0.372. The van der Waals surface area contributed by atoms with Crippen molar-refractivity contribution in [1.82, 2.24) is 25.7 Å². The predicted molar refractivity (Wildman–Crippen MR) is 129 cm³/mol. The molecule has 0 fully saturated rings. The van der Waals surface area contributed by atoms with Crippen molar-refractivity contribution in [3.8, 4) is 22.4 Å². The van der Waals surface area contributed by atoms with Crippen LogP contribution in [0.5, 0.6) is 0 Å². The van der Waals surface area contributed by atoms with Crippen LogP contribution in [0.15, 0.2) is 48.5 Å². The second kappa shape index (κ2) is 9.47. The Labute approximate surface area is 198 Å². The van der Waals surface area contributed by atoms with Gasteiger partial charge in [-0.25, -0.2) is 4.79 Å². The Bertz CT molecular complexity index is 1290. The molecule has 2 heterocycles. The van der Waals surface area contributed by atoms with Gasteiger partial charge in [0, 0.05) is 21.2 Å². The first kappa shape index (κ1) is 21.9. The molecule has 4 rings (SSSR count). The second-order valence-electron chi connectivity index (χ2n) is 6.53. The summed E-state index contributed by atoms with van der Waals surface area (Å²) in [5.41, 5.74) is 3.46. The SMILES string of the molecule is CCOC(=O)NC(=S)Nc1n[nH]c2nnc(-c3ccc(Cl)cc3)c(-c3ccc(Cl)cc3)c12. The lowest BCUT2D eigenvalue weighted by atomic mass is 9.97. The molecule has 0 spiro atoms. The number of halogens is 2. The average molecular weight is 487 g/mol. The molecule has 4 aromatic rings. The van der Waals surface area contributed by atoms with E-state index in [2.05, 4.69) is 31.0 Å².